The van der Waals surface area contributed by atoms with Crippen molar-refractivity contribution in [1.82, 2.24) is 19.4 Å². The molecular formula is C31H35N7O2. The van der Waals surface area contributed by atoms with Crippen LogP contribution < -0.4 is 20.3 Å². The molecule has 9 nitrogen and oxygen atoms in total. The summed E-state index contributed by atoms with van der Waals surface area (Å²) in [6.07, 6.45) is 7.49. The van der Waals surface area contributed by atoms with E-state index < -0.39 is 0 Å². The lowest BCUT2D eigenvalue weighted by Crippen LogP contribution is -2.50. The van der Waals surface area contributed by atoms with Crippen molar-refractivity contribution < 1.29 is 9.53 Å². The summed E-state index contributed by atoms with van der Waals surface area (Å²) in [4.78, 5) is 26.2. The Morgan fingerprint density at radius 1 is 1.23 bits per heavy atom. The molecule has 1 amide bonds. The quantitative estimate of drug-likeness (QED) is 0.293. The minimum absolute atomic E-state index is 0.269. The topological polar surface area (TPSA) is 87.5 Å². The standard InChI is InChI=1S/C31H35N7O2/c1-5-29(39)33-25-14-26(28(40-4)15-27(25)38-17-20(18-38)16-36(2)3)35-31-32-12-11-24(34-31)23-19-37-13-7-9-21-8-6-10-22(23)30(21)37/h5-6,8,10-12,14-15,19-20H,1,7,9,13,16-18H2,2-4H3,(H,33,39)(H,32,34,35). The van der Waals surface area contributed by atoms with Crippen molar-refractivity contribution in [1.29, 1.82) is 0 Å². The van der Waals surface area contributed by atoms with Crippen molar-refractivity contribution in [3.05, 3.63) is 67.0 Å². The van der Waals surface area contributed by atoms with Gasteiger partial charge in [0.1, 0.15) is 5.75 Å². The van der Waals surface area contributed by atoms with Gasteiger partial charge in [-0.3, -0.25) is 4.79 Å². The van der Waals surface area contributed by atoms with E-state index in [9.17, 15) is 4.79 Å². The van der Waals surface area contributed by atoms with E-state index in [0.717, 1.165) is 56.0 Å². The zero-order chi connectivity index (χ0) is 27.8. The number of hydrogen-bond donors (Lipinski definition) is 2. The van der Waals surface area contributed by atoms with Crippen LogP contribution in [0.4, 0.5) is 23.0 Å². The predicted molar refractivity (Wildman–Crippen MR) is 161 cm³/mol. The highest BCUT2D eigenvalue weighted by Gasteiger charge is 2.30. The Bertz CT molecular complexity index is 1590. The van der Waals surface area contributed by atoms with Gasteiger partial charge in [0.2, 0.25) is 11.9 Å². The fourth-order valence-corrected chi connectivity index (χ4v) is 5.93. The highest BCUT2D eigenvalue weighted by Crippen LogP contribution is 2.41. The summed E-state index contributed by atoms with van der Waals surface area (Å²) >= 11 is 0. The lowest BCUT2D eigenvalue weighted by Gasteiger charge is -2.43. The molecule has 6 rings (SSSR count). The summed E-state index contributed by atoms with van der Waals surface area (Å²) in [5.74, 6) is 1.40. The fraction of sp³-hybridized carbons (Fsp3) is 0.323. The number of anilines is 4. The second-order valence-electron chi connectivity index (χ2n) is 10.8. The van der Waals surface area contributed by atoms with Gasteiger partial charge in [-0.05, 0) is 50.7 Å². The number of carbonyl (C=O) groups is 1. The first-order valence-electron chi connectivity index (χ1n) is 13.7. The summed E-state index contributed by atoms with van der Waals surface area (Å²) < 4.78 is 8.12. The van der Waals surface area contributed by atoms with E-state index in [-0.39, 0.29) is 5.91 Å². The van der Waals surface area contributed by atoms with E-state index >= 15 is 0 Å². The van der Waals surface area contributed by atoms with Crippen molar-refractivity contribution in [3.8, 4) is 17.0 Å². The summed E-state index contributed by atoms with van der Waals surface area (Å²) in [6, 6.07) is 12.3. The first kappa shape index (κ1) is 25.9. The summed E-state index contributed by atoms with van der Waals surface area (Å²) in [6.45, 7) is 7.47. The number of methoxy groups -OCH3 is 1. The molecule has 4 aromatic rings. The number of aryl methyl sites for hydroxylation is 2. The molecule has 206 valence electrons. The molecule has 2 aromatic heterocycles. The third kappa shape index (κ3) is 4.88. The van der Waals surface area contributed by atoms with Gasteiger partial charge in [-0.1, -0.05) is 24.8 Å². The number of amides is 1. The lowest BCUT2D eigenvalue weighted by atomic mass is 9.98. The molecule has 4 heterocycles. The summed E-state index contributed by atoms with van der Waals surface area (Å²) in [5.41, 5.74) is 6.89. The van der Waals surface area contributed by atoms with Crippen LogP contribution in [0, 0.1) is 5.92 Å². The number of aromatic nitrogens is 3. The van der Waals surface area contributed by atoms with Crippen LogP contribution in [0.15, 0.2) is 61.4 Å². The smallest absolute Gasteiger partial charge is 0.247 e. The van der Waals surface area contributed by atoms with Crippen molar-refractivity contribution in [2.45, 2.75) is 19.4 Å². The molecule has 2 aliphatic rings. The van der Waals surface area contributed by atoms with E-state index in [4.69, 9.17) is 9.72 Å². The third-order valence-electron chi connectivity index (χ3n) is 7.69. The van der Waals surface area contributed by atoms with Gasteiger partial charge in [-0.25, -0.2) is 9.97 Å². The molecule has 0 bridgehead atoms. The van der Waals surface area contributed by atoms with E-state index in [0.29, 0.717) is 29.0 Å². The van der Waals surface area contributed by atoms with Crippen molar-refractivity contribution >= 4 is 39.8 Å². The second kappa shape index (κ2) is 10.7. The summed E-state index contributed by atoms with van der Waals surface area (Å²) in [7, 11) is 5.82. The molecule has 0 aliphatic carbocycles. The second-order valence-corrected chi connectivity index (χ2v) is 10.8. The van der Waals surface area contributed by atoms with Crippen LogP contribution >= 0.6 is 0 Å². The fourth-order valence-electron chi connectivity index (χ4n) is 5.93. The maximum absolute atomic E-state index is 12.3. The van der Waals surface area contributed by atoms with Crippen LogP contribution in [-0.2, 0) is 17.8 Å². The van der Waals surface area contributed by atoms with Gasteiger partial charge < -0.3 is 29.7 Å². The number of rotatable bonds is 9. The van der Waals surface area contributed by atoms with Gasteiger partial charge in [0, 0.05) is 61.5 Å². The van der Waals surface area contributed by atoms with Gasteiger partial charge >= 0.3 is 0 Å². The Morgan fingerprint density at radius 3 is 2.85 bits per heavy atom. The Kier molecular flexibility index (Phi) is 6.89. The molecule has 0 saturated carbocycles. The summed E-state index contributed by atoms with van der Waals surface area (Å²) in [5, 5.41) is 7.52. The van der Waals surface area contributed by atoms with Crippen LogP contribution in [0.1, 0.15) is 12.0 Å². The molecule has 2 aliphatic heterocycles. The average Bonchev–Trinajstić information content (AvgIpc) is 3.31. The number of para-hydroxylation sites is 1. The van der Waals surface area contributed by atoms with Crippen molar-refractivity contribution in [2.75, 3.05) is 56.4 Å². The first-order valence-corrected chi connectivity index (χ1v) is 13.7. The molecule has 1 fully saturated rings. The molecule has 0 radical (unpaired) electrons. The number of ether oxygens (including phenoxy) is 1. The molecule has 2 aromatic carbocycles. The Labute approximate surface area is 234 Å². The highest BCUT2D eigenvalue weighted by molar-refractivity contribution is 6.02. The Hall–Kier alpha value is -4.37. The van der Waals surface area contributed by atoms with E-state index in [2.05, 4.69) is 75.1 Å². The molecule has 0 spiro atoms. The molecule has 2 N–H and O–H groups in total. The normalized spacial score (nSPS) is 14.8. The average molecular weight is 538 g/mol. The number of nitrogens with one attached hydrogen (secondary N) is 2. The lowest BCUT2D eigenvalue weighted by molar-refractivity contribution is -0.111. The molecule has 0 unspecified atom stereocenters. The molecule has 40 heavy (non-hydrogen) atoms. The SMILES string of the molecule is C=CC(=O)Nc1cc(Nc2nccc(-c3cn4c5c(cccc35)CCC4)n2)c(OC)cc1N1CC(CN(C)C)C1. The van der Waals surface area contributed by atoms with Gasteiger partial charge in [0.05, 0.1) is 35.4 Å². The van der Waals surface area contributed by atoms with Crippen LogP contribution in [0.2, 0.25) is 0 Å². The van der Waals surface area contributed by atoms with Crippen LogP contribution in [0.25, 0.3) is 22.2 Å². The number of carbonyl (C=O) groups excluding carboxylic acids is 1. The highest BCUT2D eigenvalue weighted by atomic mass is 16.5. The monoisotopic (exact) mass is 537 g/mol. The third-order valence-corrected chi connectivity index (χ3v) is 7.69. The van der Waals surface area contributed by atoms with Crippen molar-refractivity contribution in [2.24, 2.45) is 5.92 Å². The van der Waals surface area contributed by atoms with Gasteiger partial charge in [0.15, 0.2) is 0 Å². The van der Waals surface area contributed by atoms with Gasteiger partial charge in [-0.2, -0.15) is 0 Å². The van der Waals surface area contributed by atoms with E-state index in [1.807, 2.05) is 18.2 Å². The van der Waals surface area contributed by atoms with E-state index in [1.54, 1.807) is 13.3 Å². The molecular weight excluding hydrogens is 502 g/mol. The largest absolute Gasteiger partial charge is 0.494 e. The van der Waals surface area contributed by atoms with Crippen LogP contribution in [0.3, 0.4) is 0 Å². The number of nitrogens with zero attached hydrogens (tertiary/aromatic N) is 5. The molecule has 9 heteroatoms. The van der Waals surface area contributed by atoms with Crippen LogP contribution in [0.5, 0.6) is 5.75 Å². The maximum atomic E-state index is 12.3. The predicted octanol–water partition coefficient (Wildman–Crippen LogP) is 4.92. The van der Waals surface area contributed by atoms with Crippen molar-refractivity contribution in [3.63, 3.8) is 0 Å². The number of benzene rings is 2. The maximum Gasteiger partial charge on any atom is 0.247 e. The molecule has 1 saturated heterocycles. The van der Waals surface area contributed by atoms with Gasteiger partial charge in [-0.15, -0.1) is 0 Å². The Morgan fingerprint density at radius 2 is 2.08 bits per heavy atom. The van der Waals surface area contributed by atoms with Gasteiger partial charge in [0.25, 0.3) is 0 Å². The minimum atomic E-state index is -0.269. The zero-order valence-electron chi connectivity index (χ0n) is 23.3. The van der Waals surface area contributed by atoms with Crippen LogP contribution in [-0.4, -0.2) is 66.2 Å². The first-order chi connectivity index (χ1) is 19.4. The Balaban J connectivity index is 1.32. The van der Waals surface area contributed by atoms with E-state index in [1.165, 1.54) is 22.5 Å². The minimum Gasteiger partial charge on any atom is -0.494 e. The zero-order valence-corrected chi connectivity index (χ0v) is 23.3. The molecule has 0 atom stereocenters. The number of hydrogen-bond acceptors (Lipinski definition) is 7.